The molecule has 2 aromatic carbocycles. The fraction of sp³-hybridized carbons (Fsp3) is 0.529. The van der Waals surface area contributed by atoms with Crippen LogP contribution in [-0.2, 0) is 9.47 Å². The van der Waals surface area contributed by atoms with Gasteiger partial charge in [0.1, 0.15) is 43.1 Å². The van der Waals surface area contributed by atoms with Crippen molar-refractivity contribution in [3.05, 3.63) is 72.2 Å². The molecule has 64 heavy (non-hydrogen) atoms. The van der Waals surface area contributed by atoms with E-state index >= 15 is 4.39 Å². The Morgan fingerprint density at radius 1 is 0.969 bits per heavy atom. The zero-order valence-corrected chi connectivity index (χ0v) is 40.4. The van der Waals surface area contributed by atoms with Crippen LogP contribution in [0.4, 0.5) is 15.0 Å². The molecule has 4 saturated heterocycles. The molecule has 4 fully saturated rings. The lowest BCUT2D eigenvalue weighted by molar-refractivity contribution is 0.0122. The molecule has 2 bridgehead atoms. The Morgan fingerprint density at radius 3 is 2.23 bits per heavy atom. The summed E-state index contributed by atoms with van der Waals surface area (Å²) in [5.74, 6) is 4.09. The van der Waals surface area contributed by atoms with Gasteiger partial charge < -0.3 is 23.8 Å². The van der Waals surface area contributed by atoms with Gasteiger partial charge in [0.2, 0.25) is 0 Å². The summed E-state index contributed by atoms with van der Waals surface area (Å²) >= 11 is 0. The predicted molar refractivity (Wildman–Crippen MR) is 255 cm³/mol. The maximum absolute atomic E-state index is 17.9. The fourth-order valence-electron chi connectivity index (χ4n) is 11.4. The number of piperazine rings is 1. The average Bonchev–Trinajstić information content (AvgIpc) is 3.80. The summed E-state index contributed by atoms with van der Waals surface area (Å²) in [6.45, 7) is 30.9. The molecule has 0 aliphatic carbocycles. The molecule has 0 spiro atoms. The number of fused-ring (bicyclic) bond motifs is 5. The number of carbonyl (C=O) groups excluding carboxylic acids is 1. The Morgan fingerprint density at radius 2 is 1.62 bits per heavy atom. The molecule has 0 saturated carbocycles. The zero-order chi connectivity index (χ0) is 45.9. The van der Waals surface area contributed by atoms with E-state index in [4.69, 9.17) is 33.9 Å². The number of aromatic nitrogens is 3. The lowest BCUT2D eigenvalue weighted by Gasteiger charge is -2.42. The standard InChI is InChI=1S/C51H65FN6O5Si/c1-31(2)64(32(3)4,33(5)6)19-18-36-14-13-15-37-20-40(62-30-60-12)21-41(43(36)37)45-44(52)46-42(24-53-45)47(56-27-38-16-17-39(28-56)58(38)49(59)63-50(9,10)11)55-48(54-46)61-29-51-22-34(7)25-57(51)26-35(8)23-51/h13-15,20-21,24,31-33,38-39H,7-8,16-17,22-23,25-30H2,1-6,9-12H3. The van der Waals surface area contributed by atoms with Crippen LogP contribution < -0.4 is 14.4 Å². The fourth-order valence-corrected chi connectivity index (χ4v) is 16.6. The second-order valence-corrected chi connectivity index (χ2v) is 26.1. The molecule has 2 unspecified atom stereocenters. The highest BCUT2D eigenvalue weighted by Crippen LogP contribution is 2.45. The van der Waals surface area contributed by atoms with Crippen LogP contribution >= 0.6 is 0 Å². The third-order valence-corrected chi connectivity index (χ3v) is 20.3. The highest BCUT2D eigenvalue weighted by Gasteiger charge is 2.49. The molecule has 1 amide bonds. The van der Waals surface area contributed by atoms with Crippen molar-refractivity contribution in [3.8, 4) is 34.5 Å². The Labute approximate surface area is 379 Å². The maximum atomic E-state index is 17.9. The van der Waals surface area contributed by atoms with E-state index in [2.05, 4.69) is 76.0 Å². The number of nitrogens with zero attached hydrogens (tertiary/aromatic N) is 6. The van der Waals surface area contributed by atoms with E-state index in [1.165, 1.54) is 0 Å². The van der Waals surface area contributed by atoms with Crippen LogP contribution in [0.1, 0.15) is 93.6 Å². The molecule has 2 atom stereocenters. The lowest BCUT2D eigenvalue weighted by atomic mass is 9.92. The van der Waals surface area contributed by atoms with Crippen molar-refractivity contribution < 1.29 is 28.1 Å². The number of ether oxygens (including phenoxy) is 4. The third kappa shape index (κ3) is 8.37. The van der Waals surface area contributed by atoms with Gasteiger partial charge in [-0.15, -0.1) is 5.54 Å². The molecular formula is C51H65FN6O5Si. The summed E-state index contributed by atoms with van der Waals surface area (Å²) < 4.78 is 41.7. The average molecular weight is 889 g/mol. The number of anilines is 1. The minimum Gasteiger partial charge on any atom is -0.468 e. The number of hydrogen-bond acceptors (Lipinski definition) is 10. The first kappa shape index (κ1) is 45.5. The van der Waals surface area contributed by atoms with Crippen molar-refractivity contribution >= 4 is 41.7 Å². The molecule has 2 aromatic heterocycles. The van der Waals surface area contributed by atoms with Crippen LogP contribution in [0.2, 0.25) is 16.6 Å². The van der Waals surface area contributed by atoms with Gasteiger partial charge in [0.05, 0.1) is 23.0 Å². The van der Waals surface area contributed by atoms with Crippen molar-refractivity contribution in [2.75, 3.05) is 51.6 Å². The molecular weight excluding hydrogens is 824 g/mol. The first-order valence-corrected chi connectivity index (χ1v) is 25.1. The number of carbonyl (C=O) groups is 1. The van der Waals surface area contributed by atoms with Gasteiger partial charge in [-0.1, -0.05) is 83.9 Å². The van der Waals surface area contributed by atoms with Gasteiger partial charge in [0.25, 0.3) is 0 Å². The third-order valence-electron chi connectivity index (χ3n) is 14.0. The van der Waals surface area contributed by atoms with E-state index in [-0.39, 0.29) is 47.7 Å². The van der Waals surface area contributed by atoms with Gasteiger partial charge in [0.15, 0.2) is 12.6 Å². The van der Waals surface area contributed by atoms with Crippen LogP contribution in [0.25, 0.3) is 32.9 Å². The lowest BCUT2D eigenvalue weighted by Crippen LogP contribution is -2.57. The van der Waals surface area contributed by atoms with E-state index in [1.807, 2.05) is 56.0 Å². The van der Waals surface area contributed by atoms with Gasteiger partial charge in [-0.25, -0.2) is 9.18 Å². The minimum absolute atomic E-state index is 0.0173. The molecule has 0 N–H and O–H groups in total. The summed E-state index contributed by atoms with van der Waals surface area (Å²) in [6.07, 6.45) is 4.57. The summed E-state index contributed by atoms with van der Waals surface area (Å²) in [6, 6.07) is 9.63. The quantitative estimate of drug-likeness (QED) is 0.0626. The van der Waals surface area contributed by atoms with Gasteiger partial charge in [-0.2, -0.15) is 9.97 Å². The first-order chi connectivity index (χ1) is 30.3. The largest absolute Gasteiger partial charge is 0.468 e. The van der Waals surface area contributed by atoms with Crippen LogP contribution in [0, 0.1) is 17.3 Å². The van der Waals surface area contributed by atoms with Gasteiger partial charge in [-0.3, -0.25) is 14.8 Å². The van der Waals surface area contributed by atoms with E-state index in [0.717, 1.165) is 66.3 Å². The Bertz CT molecular complexity index is 2500. The smallest absolute Gasteiger partial charge is 0.410 e. The molecule has 11 nitrogen and oxygen atoms in total. The van der Waals surface area contributed by atoms with Crippen molar-refractivity contribution in [3.63, 3.8) is 0 Å². The summed E-state index contributed by atoms with van der Waals surface area (Å²) in [4.78, 5) is 34.7. The van der Waals surface area contributed by atoms with Crippen LogP contribution in [0.15, 0.2) is 60.8 Å². The van der Waals surface area contributed by atoms with E-state index in [0.29, 0.717) is 58.8 Å². The number of rotatable bonds is 11. The SMILES string of the molecule is C=C1CN2CC(=C)CC2(COc2nc(N3CC4CCC(C3)N4C(=O)OC(C)(C)C)c3cnc(-c4cc(OCOC)cc5cccc(C#C[Si](C(C)C)(C(C)C)C(C)C)c45)c(F)c3n2)C1. The first-order valence-electron chi connectivity index (χ1n) is 22.9. The predicted octanol–water partition coefficient (Wildman–Crippen LogP) is 10.5. The normalized spacial score (nSPS) is 19.9. The Balaban J connectivity index is 1.28. The molecule has 0 radical (unpaired) electrons. The summed E-state index contributed by atoms with van der Waals surface area (Å²) in [7, 11) is -0.562. The summed E-state index contributed by atoms with van der Waals surface area (Å²) in [5, 5.41) is 2.08. The number of hydrogen-bond donors (Lipinski definition) is 0. The van der Waals surface area contributed by atoms with Gasteiger partial charge in [0, 0.05) is 56.0 Å². The molecule has 340 valence electrons. The van der Waals surface area contributed by atoms with Crippen LogP contribution in [-0.4, -0.2) is 109 Å². The zero-order valence-electron chi connectivity index (χ0n) is 39.4. The highest BCUT2D eigenvalue weighted by molar-refractivity contribution is 6.90. The minimum atomic E-state index is -2.13. The van der Waals surface area contributed by atoms with E-state index in [1.54, 1.807) is 13.3 Å². The van der Waals surface area contributed by atoms with Crippen molar-refractivity contribution in [1.29, 1.82) is 0 Å². The molecule has 4 aromatic rings. The highest BCUT2D eigenvalue weighted by atomic mass is 28.3. The topological polar surface area (TPSA) is 102 Å². The molecule has 4 aliphatic rings. The van der Waals surface area contributed by atoms with Crippen LogP contribution in [0.3, 0.4) is 0 Å². The second kappa shape index (κ2) is 17.4. The molecule has 13 heteroatoms. The van der Waals surface area contributed by atoms with E-state index < -0.39 is 19.5 Å². The van der Waals surface area contributed by atoms with Gasteiger partial charge in [-0.05, 0) is 86.7 Å². The number of pyridine rings is 1. The molecule has 4 aliphatic heterocycles. The molecule has 8 rings (SSSR count). The van der Waals surface area contributed by atoms with Crippen LogP contribution in [0.5, 0.6) is 11.8 Å². The Hall–Kier alpha value is -5.03. The number of halogens is 1. The molecule has 6 heterocycles. The van der Waals surface area contributed by atoms with Crippen molar-refractivity contribution in [2.45, 2.75) is 128 Å². The second-order valence-electron chi connectivity index (χ2n) is 20.5. The Kier molecular flexibility index (Phi) is 12.4. The number of methoxy groups -OCH3 is 1. The monoisotopic (exact) mass is 888 g/mol. The number of benzene rings is 2. The van der Waals surface area contributed by atoms with Crippen molar-refractivity contribution in [1.82, 2.24) is 24.8 Å². The van der Waals surface area contributed by atoms with Gasteiger partial charge >= 0.3 is 12.1 Å². The van der Waals surface area contributed by atoms with E-state index in [9.17, 15) is 4.79 Å². The maximum Gasteiger partial charge on any atom is 0.410 e. The number of amides is 1. The van der Waals surface area contributed by atoms with Crippen molar-refractivity contribution in [2.24, 2.45) is 0 Å². The summed E-state index contributed by atoms with van der Waals surface area (Å²) in [5.41, 5.74) is 8.11.